The van der Waals surface area contributed by atoms with E-state index in [1.54, 1.807) is 0 Å². The van der Waals surface area contributed by atoms with Crippen molar-refractivity contribution in [2.75, 3.05) is 20.1 Å². The summed E-state index contributed by atoms with van der Waals surface area (Å²) in [5.41, 5.74) is 5.43. The molecule has 1 aliphatic rings. The quantitative estimate of drug-likeness (QED) is 0.891. The number of fused-ring (bicyclic) bond motifs is 1. The molecule has 0 unspecified atom stereocenters. The Hall–Kier alpha value is -1.81. The number of carbonyl (C=O) groups excluding carboxylic acids is 1. The highest BCUT2D eigenvalue weighted by molar-refractivity contribution is 6.00. The van der Waals surface area contributed by atoms with E-state index in [-0.39, 0.29) is 11.9 Å². The van der Waals surface area contributed by atoms with Gasteiger partial charge in [-0.15, -0.1) is 0 Å². The molecule has 0 spiro atoms. The maximum atomic E-state index is 12.4. The number of hydrogen-bond acceptors (Lipinski definition) is 2. The van der Waals surface area contributed by atoms with Crippen LogP contribution in [-0.4, -0.2) is 42.0 Å². The lowest BCUT2D eigenvalue weighted by molar-refractivity contribution is 0.0934. The number of aryl methyl sites for hydroxylation is 3. The Labute approximate surface area is 125 Å². The monoisotopic (exact) mass is 285 g/mol. The van der Waals surface area contributed by atoms with E-state index in [4.69, 9.17) is 0 Å². The lowest BCUT2D eigenvalue weighted by atomic mass is 10.0. The molecular weight excluding hydrogens is 262 g/mol. The number of aromatic nitrogens is 1. The summed E-state index contributed by atoms with van der Waals surface area (Å²) in [6.07, 6.45) is 1.03. The smallest absolute Gasteiger partial charge is 0.267 e. The predicted octanol–water partition coefficient (Wildman–Crippen LogP) is 2.53. The second kappa shape index (κ2) is 5.19. The summed E-state index contributed by atoms with van der Waals surface area (Å²) in [7, 11) is 2.09. The molecule has 1 aromatic carbocycles. The molecule has 0 saturated carbocycles. The third-order valence-electron chi connectivity index (χ3n) is 4.61. The molecule has 0 aliphatic carbocycles. The minimum absolute atomic E-state index is 0.00273. The van der Waals surface area contributed by atoms with Crippen molar-refractivity contribution in [3.63, 3.8) is 0 Å². The Morgan fingerprint density at radius 1 is 1.29 bits per heavy atom. The van der Waals surface area contributed by atoms with Crippen molar-refractivity contribution >= 4 is 16.8 Å². The van der Waals surface area contributed by atoms with E-state index in [1.807, 2.05) is 6.07 Å². The van der Waals surface area contributed by atoms with Crippen molar-refractivity contribution in [2.45, 2.75) is 33.2 Å². The molecule has 3 rings (SSSR count). The van der Waals surface area contributed by atoms with Gasteiger partial charge in [-0.3, -0.25) is 4.79 Å². The van der Waals surface area contributed by atoms with E-state index >= 15 is 0 Å². The van der Waals surface area contributed by atoms with Crippen LogP contribution in [0.4, 0.5) is 0 Å². The fourth-order valence-corrected chi connectivity index (χ4v) is 3.21. The average Bonchev–Trinajstić information content (AvgIpc) is 3.03. The molecule has 2 heterocycles. The standard InChI is InChI=1S/C17H23N3O/c1-10-7-11(2)14-8-15(19-16(14)12(10)3)17(21)18-13-5-6-20(4)9-13/h7-8,13,19H,5-6,9H2,1-4H3,(H,18,21)/t13-/m0/s1. The Morgan fingerprint density at radius 2 is 2.05 bits per heavy atom. The molecule has 21 heavy (non-hydrogen) atoms. The summed E-state index contributed by atoms with van der Waals surface area (Å²) in [6.45, 7) is 8.28. The van der Waals surface area contributed by atoms with Crippen LogP contribution in [0.15, 0.2) is 12.1 Å². The van der Waals surface area contributed by atoms with Gasteiger partial charge in [0, 0.05) is 23.5 Å². The van der Waals surface area contributed by atoms with Crippen molar-refractivity contribution in [3.8, 4) is 0 Å². The maximum Gasteiger partial charge on any atom is 0.267 e. The van der Waals surface area contributed by atoms with Gasteiger partial charge in [0.25, 0.3) is 5.91 Å². The maximum absolute atomic E-state index is 12.4. The van der Waals surface area contributed by atoms with E-state index in [1.165, 1.54) is 16.7 Å². The molecule has 1 aromatic heterocycles. The summed E-state index contributed by atoms with van der Waals surface area (Å²) in [5, 5.41) is 4.27. The number of aromatic amines is 1. The number of rotatable bonds is 2. The molecule has 1 fully saturated rings. The van der Waals surface area contributed by atoms with E-state index in [0.29, 0.717) is 5.69 Å². The number of nitrogens with zero attached hydrogens (tertiary/aromatic N) is 1. The number of carbonyl (C=O) groups is 1. The van der Waals surface area contributed by atoms with Crippen molar-refractivity contribution < 1.29 is 4.79 Å². The van der Waals surface area contributed by atoms with Gasteiger partial charge in [-0.05, 0) is 63.5 Å². The predicted molar refractivity (Wildman–Crippen MR) is 85.9 cm³/mol. The summed E-state index contributed by atoms with van der Waals surface area (Å²) < 4.78 is 0. The number of nitrogens with one attached hydrogen (secondary N) is 2. The third-order valence-corrected chi connectivity index (χ3v) is 4.61. The van der Waals surface area contributed by atoms with Crippen LogP contribution >= 0.6 is 0 Å². The van der Waals surface area contributed by atoms with Gasteiger partial charge in [0.15, 0.2) is 0 Å². The first-order chi connectivity index (χ1) is 9.95. The number of amides is 1. The number of likely N-dealkylation sites (N-methyl/N-ethyl adjacent to an activating group) is 1. The van der Waals surface area contributed by atoms with Crippen LogP contribution < -0.4 is 5.32 Å². The zero-order chi connectivity index (χ0) is 15.1. The highest BCUT2D eigenvalue weighted by atomic mass is 16.2. The van der Waals surface area contributed by atoms with Gasteiger partial charge in [0.1, 0.15) is 5.69 Å². The van der Waals surface area contributed by atoms with Crippen LogP contribution in [0.5, 0.6) is 0 Å². The van der Waals surface area contributed by atoms with Crippen LogP contribution in [-0.2, 0) is 0 Å². The number of benzene rings is 1. The molecule has 1 aliphatic heterocycles. The molecule has 112 valence electrons. The first-order valence-electron chi connectivity index (χ1n) is 7.54. The van der Waals surface area contributed by atoms with Crippen molar-refractivity contribution in [3.05, 3.63) is 34.5 Å². The molecule has 2 aromatic rings. The van der Waals surface area contributed by atoms with Gasteiger partial charge in [-0.2, -0.15) is 0 Å². The molecule has 4 nitrogen and oxygen atoms in total. The summed E-state index contributed by atoms with van der Waals surface area (Å²) >= 11 is 0. The SMILES string of the molecule is Cc1cc(C)c2cc(C(=O)N[C@H]3CCN(C)C3)[nH]c2c1C. The normalized spacial score (nSPS) is 19.3. The van der Waals surface area contributed by atoms with E-state index < -0.39 is 0 Å². The molecule has 0 radical (unpaired) electrons. The zero-order valence-corrected chi connectivity index (χ0v) is 13.2. The lowest BCUT2D eigenvalue weighted by Gasteiger charge is -2.11. The topological polar surface area (TPSA) is 48.1 Å². The second-order valence-electron chi connectivity index (χ2n) is 6.33. The molecule has 1 saturated heterocycles. The summed E-state index contributed by atoms with van der Waals surface area (Å²) in [5.74, 6) is 0.00273. The molecule has 1 atom stereocenters. The number of H-pyrrole nitrogens is 1. The second-order valence-corrected chi connectivity index (χ2v) is 6.33. The van der Waals surface area contributed by atoms with Crippen molar-refractivity contribution in [1.82, 2.24) is 15.2 Å². The molecule has 1 amide bonds. The number of hydrogen-bond donors (Lipinski definition) is 2. The minimum Gasteiger partial charge on any atom is -0.350 e. The highest BCUT2D eigenvalue weighted by Gasteiger charge is 2.22. The van der Waals surface area contributed by atoms with Crippen LogP contribution in [0.3, 0.4) is 0 Å². The molecular formula is C17H23N3O. The van der Waals surface area contributed by atoms with Crippen molar-refractivity contribution in [2.24, 2.45) is 0 Å². The Balaban J connectivity index is 1.89. The summed E-state index contributed by atoms with van der Waals surface area (Å²) in [6, 6.07) is 4.42. The molecule has 2 N–H and O–H groups in total. The Morgan fingerprint density at radius 3 is 2.71 bits per heavy atom. The fourth-order valence-electron chi connectivity index (χ4n) is 3.21. The molecule has 4 heteroatoms. The minimum atomic E-state index is 0.00273. The van der Waals surface area contributed by atoms with Crippen LogP contribution in [0.1, 0.15) is 33.6 Å². The Bertz CT molecular complexity index is 702. The van der Waals surface area contributed by atoms with Gasteiger partial charge in [-0.25, -0.2) is 0 Å². The van der Waals surface area contributed by atoms with E-state index in [2.05, 4.69) is 49.1 Å². The highest BCUT2D eigenvalue weighted by Crippen LogP contribution is 2.25. The Kier molecular flexibility index (Phi) is 3.49. The average molecular weight is 285 g/mol. The largest absolute Gasteiger partial charge is 0.350 e. The molecule has 0 bridgehead atoms. The van der Waals surface area contributed by atoms with Crippen LogP contribution in [0.25, 0.3) is 10.9 Å². The van der Waals surface area contributed by atoms with Gasteiger partial charge < -0.3 is 15.2 Å². The van der Waals surface area contributed by atoms with Crippen LogP contribution in [0.2, 0.25) is 0 Å². The van der Waals surface area contributed by atoms with E-state index in [0.717, 1.165) is 30.4 Å². The van der Waals surface area contributed by atoms with Gasteiger partial charge >= 0.3 is 0 Å². The summed E-state index contributed by atoms with van der Waals surface area (Å²) in [4.78, 5) is 18.0. The zero-order valence-electron chi connectivity index (χ0n) is 13.2. The van der Waals surface area contributed by atoms with Crippen LogP contribution in [0, 0.1) is 20.8 Å². The van der Waals surface area contributed by atoms with Gasteiger partial charge in [0.2, 0.25) is 0 Å². The fraction of sp³-hybridized carbons (Fsp3) is 0.471. The van der Waals surface area contributed by atoms with Crippen molar-refractivity contribution in [1.29, 1.82) is 0 Å². The number of likely N-dealkylation sites (tertiary alicyclic amines) is 1. The third kappa shape index (κ3) is 2.56. The first-order valence-corrected chi connectivity index (χ1v) is 7.54. The van der Waals surface area contributed by atoms with Gasteiger partial charge in [-0.1, -0.05) is 6.07 Å². The lowest BCUT2D eigenvalue weighted by Crippen LogP contribution is -2.36. The van der Waals surface area contributed by atoms with Gasteiger partial charge in [0.05, 0.1) is 0 Å². The van der Waals surface area contributed by atoms with E-state index in [9.17, 15) is 4.79 Å². The first kappa shape index (κ1) is 14.1.